The number of rotatable bonds is 12. The Morgan fingerprint density at radius 2 is 1.51 bits per heavy atom. The van der Waals surface area contributed by atoms with Gasteiger partial charge in [0.15, 0.2) is 0 Å². The molecule has 3 rings (SSSR count). The zero-order valence-electron chi connectivity index (χ0n) is 21.6. The van der Waals surface area contributed by atoms with Gasteiger partial charge in [0.2, 0.25) is 0 Å². The molecule has 2 amide bonds. The number of carbonyl (C=O) groups is 4. The zero-order valence-corrected chi connectivity index (χ0v) is 23.7. The maximum absolute atomic E-state index is 13.6. The number of aromatic nitrogens is 1. The first-order valence-corrected chi connectivity index (χ1v) is 17.5. The number of nitrogens with zero attached hydrogens (tertiary/aromatic N) is 2. The van der Waals surface area contributed by atoms with Gasteiger partial charge in [-0.2, -0.15) is 0 Å². The first-order valence-electron chi connectivity index (χ1n) is 11.9. The SMILES string of the molecule is CN(C)CCNC(=O)CC(NC(=O)[C@@H](CC(=O)n1c2ccccc2c2ccccc21)I(C)C)C(=O)CF. The predicted molar refractivity (Wildman–Crippen MR) is 153 cm³/mol. The number of likely N-dealkylation sites (N-methyl/N-ethyl adjacent to an activating group) is 1. The van der Waals surface area contributed by atoms with Gasteiger partial charge < -0.3 is 0 Å². The molecule has 2 aromatic carbocycles. The number of ketones is 1. The standard InChI is InChI=1S/C27H34FIN4O4/c1-29(2)20(27(37)31-21(24(34)17-28)16-25(35)30-13-14-32(3)4)15-26(36)33-22-11-7-5-9-18(22)19-10-6-8-12-23(19)33/h5-12,20-21H,13-17H2,1-4H3,(H,30,35)(H,31,37)/t20-,21?/m1/s1. The van der Waals surface area contributed by atoms with Crippen molar-refractivity contribution < 1.29 is 23.6 Å². The number of para-hydroxylation sites is 2. The van der Waals surface area contributed by atoms with Crippen molar-refractivity contribution in [3.63, 3.8) is 0 Å². The quantitative estimate of drug-likeness (QED) is 0.239. The Bertz CT molecular complexity index is 1240. The predicted octanol–water partition coefficient (Wildman–Crippen LogP) is 3.05. The van der Waals surface area contributed by atoms with Crippen LogP contribution in [-0.2, 0) is 14.4 Å². The van der Waals surface area contributed by atoms with Gasteiger partial charge in [-0.15, -0.1) is 0 Å². The zero-order chi connectivity index (χ0) is 27.1. The molecule has 0 bridgehead atoms. The minimum atomic E-state index is -1.94. The molecule has 200 valence electrons. The summed E-state index contributed by atoms with van der Waals surface area (Å²) in [5.41, 5.74) is 1.53. The number of halogens is 2. The van der Waals surface area contributed by atoms with Crippen LogP contribution in [-0.4, -0.2) is 86.7 Å². The summed E-state index contributed by atoms with van der Waals surface area (Å²) in [4.78, 5) is 57.2. The molecule has 10 heteroatoms. The van der Waals surface area contributed by atoms with E-state index in [0.717, 1.165) is 21.8 Å². The fourth-order valence-electron chi connectivity index (χ4n) is 4.16. The maximum atomic E-state index is 13.6. The normalized spacial score (nSPS) is 13.4. The van der Waals surface area contributed by atoms with Crippen LogP contribution in [0, 0.1) is 0 Å². The van der Waals surface area contributed by atoms with Crippen molar-refractivity contribution in [2.45, 2.75) is 22.8 Å². The summed E-state index contributed by atoms with van der Waals surface area (Å²) in [6.07, 6.45) is -0.394. The fraction of sp³-hybridized carbons (Fsp3) is 0.407. The van der Waals surface area contributed by atoms with Crippen LogP contribution < -0.4 is 10.6 Å². The summed E-state index contributed by atoms with van der Waals surface area (Å²) >= 11 is -1.94. The number of amides is 2. The number of nitrogens with one attached hydrogen (secondary N) is 2. The Morgan fingerprint density at radius 1 is 0.946 bits per heavy atom. The van der Waals surface area contributed by atoms with Crippen LogP contribution in [0.3, 0.4) is 0 Å². The molecule has 37 heavy (non-hydrogen) atoms. The Labute approximate surface area is 223 Å². The van der Waals surface area contributed by atoms with Crippen LogP contribution in [0.1, 0.15) is 17.6 Å². The van der Waals surface area contributed by atoms with E-state index >= 15 is 0 Å². The van der Waals surface area contributed by atoms with Gasteiger partial charge in [0.25, 0.3) is 0 Å². The van der Waals surface area contributed by atoms with Crippen molar-refractivity contribution in [2.75, 3.05) is 43.7 Å². The molecule has 0 aliphatic rings. The van der Waals surface area contributed by atoms with Gasteiger partial charge in [-0.25, -0.2) is 0 Å². The molecule has 3 aromatic rings. The molecule has 0 aliphatic carbocycles. The second-order valence-electron chi connectivity index (χ2n) is 9.27. The van der Waals surface area contributed by atoms with Crippen molar-refractivity contribution in [1.82, 2.24) is 20.1 Å². The molecule has 1 unspecified atom stereocenters. The van der Waals surface area contributed by atoms with Gasteiger partial charge >= 0.3 is 224 Å². The first kappa shape index (κ1) is 28.7. The van der Waals surface area contributed by atoms with Gasteiger partial charge in [0.1, 0.15) is 0 Å². The van der Waals surface area contributed by atoms with E-state index in [1.54, 1.807) is 4.57 Å². The summed E-state index contributed by atoms with van der Waals surface area (Å²) in [6.45, 7) is -0.320. The Morgan fingerprint density at radius 3 is 2.03 bits per heavy atom. The van der Waals surface area contributed by atoms with E-state index in [2.05, 4.69) is 10.6 Å². The fourth-order valence-corrected chi connectivity index (χ4v) is 6.73. The van der Waals surface area contributed by atoms with Gasteiger partial charge in [0.05, 0.1) is 0 Å². The minimum absolute atomic E-state index is 0.0437. The number of alkyl halides is 4. The van der Waals surface area contributed by atoms with Gasteiger partial charge in [-0.05, 0) is 0 Å². The van der Waals surface area contributed by atoms with Crippen LogP contribution in [0.2, 0.25) is 0 Å². The number of carbonyl (C=O) groups excluding carboxylic acids is 4. The second kappa shape index (κ2) is 13.1. The van der Waals surface area contributed by atoms with E-state index in [9.17, 15) is 23.6 Å². The molecule has 8 nitrogen and oxygen atoms in total. The molecular formula is C27H34FIN4O4. The van der Waals surface area contributed by atoms with Crippen LogP contribution in [0.4, 0.5) is 4.39 Å². The van der Waals surface area contributed by atoms with E-state index in [1.165, 1.54) is 0 Å². The first-order chi connectivity index (χ1) is 17.6. The molecule has 1 heterocycles. The van der Waals surface area contributed by atoms with E-state index < -0.39 is 54.1 Å². The average Bonchev–Trinajstić information content (AvgIpc) is 3.20. The van der Waals surface area contributed by atoms with Crippen LogP contribution >= 0.6 is 19.8 Å². The third-order valence-corrected chi connectivity index (χ3v) is 10.1. The Balaban J connectivity index is 1.79. The van der Waals surface area contributed by atoms with E-state index in [-0.39, 0.29) is 18.7 Å². The Hall–Kier alpha value is -2.86. The molecular weight excluding hydrogens is 590 g/mol. The molecule has 0 saturated carbocycles. The van der Waals surface area contributed by atoms with Crippen molar-refractivity contribution in [2.24, 2.45) is 0 Å². The van der Waals surface area contributed by atoms with Crippen molar-refractivity contribution in [1.29, 1.82) is 0 Å². The van der Waals surface area contributed by atoms with Gasteiger partial charge in [-0.3, -0.25) is 0 Å². The monoisotopic (exact) mass is 624 g/mol. The molecule has 0 fully saturated rings. The van der Waals surface area contributed by atoms with Crippen LogP contribution in [0.5, 0.6) is 0 Å². The molecule has 0 aliphatic heterocycles. The van der Waals surface area contributed by atoms with Crippen LogP contribution in [0.15, 0.2) is 48.5 Å². The molecule has 1 aromatic heterocycles. The molecule has 2 N–H and O–H groups in total. The number of Topliss-reactive ketones (excluding diaryl/α,β-unsaturated/α-hetero) is 1. The summed E-state index contributed by atoms with van der Waals surface area (Å²) in [7, 11) is 3.72. The topological polar surface area (TPSA) is 101 Å². The summed E-state index contributed by atoms with van der Waals surface area (Å²) in [5.74, 6) is -2.03. The van der Waals surface area contributed by atoms with E-state index in [1.807, 2.05) is 77.4 Å². The molecule has 0 saturated heterocycles. The Kier molecular flexibility index (Phi) is 10.2. The number of fused-ring (bicyclic) bond motifs is 3. The molecule has 0 radical (unpaired) electrons. The van der Waals surface area contributed by atoms with Gasteiger partial charge in [0, 0.05) is 0 Å². The third kappa shape index (κ3) is 7.13. The summed E-state index contributed by atoms with van der Waals surface area (Å²) < 4.78 is 14.3. The molecule has 2 atom stereocenters. The van der Waals surface area contributed by atoms with Gasteiger partial charge in [-0.1, -0.05) is 0 Å². The van der Waals surface area contributed by atoms with E-state index in [4.69, 9.17) is 0 Å². The van der Waals surface area contributed by atoms with Crippen LogP contribution in [0.25, 0.3) is 21.8 Å². The second-order valence-corrected chi connectivity index (χ2v) is 15.4. The number of benzene rings is 2. The summed E-state index contributed by atoms with van der Waals surface area (Å²) in [6, 6.07) is 14.0. The van der Waals surface area contributed by atoms with Crippen molar-refractivity contribution >= 4 is 65.1 Å². The van der Waals surface area contributed by atoms with Crippen molar-refractivity contribution in [3.8, 4) is 0 Å². The number of hydrogen-bond donors (Lipinski definition) is 2. The average molecular weight is 624 g/mol. The third-order valence-electron chi connectivity index (χ3n) is 6.10. The number of hydrogen-bond acceptors (Lipinski definition) is 5. The summed E-state index contributed by atoms with van der Waals surface area (Å²) in [5, 5.41) is 7.16. The van der Waals surface area contributed by atoms with E-state index in [0.29, 0.717) is 13.1 Å². The molecule has 0 spiro atoms. The van der Waals surface area contributed by atoms with Crippen molar-refractivity contribution in [3.05, 3.63) is 48.5 Å².